The van der Waals surface area contributed by atoms with Crippen LogP contribution in [0, 0.1) is 0 Å². The van der Waals surface area contributed by atoms with E-state index in [0.717, 1.165) is 0 Å². The number of carbonyl (C=O) groups excluding carboxylic acids is 1. The Morgan fingerprint density at radius 2 is 1.52 bits per heavy atom. The maximum Gasteiger partial charge on any atom is 0.329 e. The fourth-order valence-corrected chi connectivity index (χ4v) is 4.55. The second-order valence-electron chi connectivity index (χ2n) is 6.31. The van der Waals surface area contributed by atoms with Gasteiger partial charge < -0.3 is 4.74 Å². The number of benzene rings is 2. The highest BCUT2D eigenvalue weighted by Gasteiger charge is 2.20. The number of hydrogen-bond acceptors (Lipinski definition) is 4. The van der Waals surface area contributed by atoms with Crippen LogP contribution in [0.4, 0.5) is 0 Å². The molecular formula is C18H19Cl2NO3S. The first-order valence-corrected chi connectivity index (χ1v) is 9.83. The average molecular weight is 400 g/mol. The Bertz CT molecular complexity index is 846. The van der Waals surface area contributed by atoms with Gasteiger partial charge in [-0.3, -0.25) is 4.79 Å². The molecule has 0 heterocycles. The molecule has 25 heavy (non-hydrogen) atoms. The maximum atomic E-state index is 13.7. The molecule has 2 aromatic carbocycles. The van der Waals surface area contributed by atoms with E-state index in [2.05, 4.69) is 4.36 Å². The molecule has 7 heteroatoms. The van der Waals surface area contributed by atoms with Crippen LogP contribution in [0.2, 0.25) is 10.0 Å². The van der Waals surface area contributed by atoms with E-state index in [0.29, 0.717) is 19.8 Å². The average Bonchev–Trinajstić information content (AvgIpc) is 2.51. The number of esters is 1. The minimum Gasteiger partial charge on any atom is -0.459 e. The van der Waals surface area contributed by atoms with Crippen LogP contribution in [0.15, 0.2) is 62.7 Å². The van der Waals surface area contributed by atoms with E-state index in [9.17, 15) is 9.00 Å². The van der Waals surface area contributed by atoms with Crippen molar-refractivity contribution in [1.29, 1.82) is 0 Å². The molecule has 0 aliphatic carbocycles. The molecule has 0 N–H and O–H groups in total. The maximum absolute atomic E-state index is 13.7. The third kappa shape index (κ3) is 5.46. The number of rotatable bonds is 4. The highest BCUT2D eigenvalue weighted by molar-refractivity contribution is 7.93. The lowest BCUT2D eigenvalue weighted by atomic mass is 10.2. The predicted octanol–water partition coefficient (Wildman–Crippen LogP) is 5.22. The summed E-state index contributed by atoms with van der Waals surface area (Å²) in [6, 6.07) is 13.2. The minimum atomic E-state index is -3.09. The molecule has 0 saturated carbocycles. The van der Waals surface area contributed by atoms with Gasteiger partial charge in [0.15, 0.2) is 0 Å². The van der Waals surface area contributed by atoms with Gasteiger partial charge in [-0.05, 0) is 57.2 Å². The van der Waals surface area contributed by atoms with Crippen molar-refractivity contribution in [2.45, 2.75) is 36.2 Å². The summed E-state index contributed by atoms with van der Waals surface area (Å²) in [6.07, 6.45) is 0. The molecular weight excluding hydrogens is 381 g/mol. The monoisotopic (exact) mass is 399 g/mol. The second kappa shape index (κ2) is 7.77. The molecule has 2 rings (SSSR count). The van der Waals surface area contributed by atoms with Gasteiger partial charge in [-0.1, -0.05) is 35.3 Å². The number of hydrogen-bond donors (Lipinski definition) is 0. The summed E-state index contributed by atoms with van der Waals surface area (Å²) in [7, 11) is -3.09. The first-order chi connectivity index (χ1) is 11.6. The van der Waals surface area contributed by atoms with E-state index in [1.54, 1.807) is 69.3 Å². The fraction of sp³-hybridized carbons (Fsp3) is 0.278. The summed E-state index contributed by atoms with van der Waals surface area (Å²) < 4.78 is 23.1. The lowest BCUT2D eigenvalue weighted by Gasteiger charge is -2.19. The normalized spacial score (nSPS) is 11.9. The summed E-state index contributed by atoms with van der Waals surface area (Å²) in [4.78, 5) is 12.8. The Morgan fingerprint density at radius 3 is 1.92 bits per heavy atom. The van der Waals surface area contributed by atoms with Gasteiger partial charge in [-0.2, -0.15) is 0 Å². The molecule has 0 bridgehead atoms. The summed E-state index contributed by atoms with van der Waals surface area (Å²) in [5, 5.41) is 0.861. The first-order valence-electron chi connectivity index (χ1n) is 7.56. The van der Waals surface area contributed by atoms with Gasteiger partial charge in [0.2, 0.25) is 0 Å². The fourth-order valence-electron chi connectivity index (χ4n) is 2.08. The second-order valence-corrected chi connectivity index (χ2v) is 9.44. The lowest BCUT2D eigenvalue weighted by Crippen LogP contribution is -2.25. The van der Waals surface area contributed by atoms with Crippen LogP contribution in [-0.2, 0) is 19.3 Å². The molecule has 0 radical (unpaired) electrons. The quantitative estimate of drug-likeness (QED) is 0.661. The minimum absolute atomic E-state index is 0.338. The molecule has 0 fully saturated rings. The van der Waals surface area contributed by atoms with Crippen molar-refractivity contribution >= 4 is 38.9 Å². The molecule has 0 aromatic heterocycles. The van der Waals surface area contributed by atoms with E-state index in [4.69, 9.17) is 27.9 Å². The molecule has 0 spiro atoms. The zero-order chi connectivity index (χ0) is 18.7. The van der Waals surface area contributed by atoms with Gasteiger partial charge in [-0.15, -0.1) is 0 Å². The van der Waals surface area contributed by atoms with E-state index >= 15 is 0 Å². The van der Waals surface area contributed by atoms with Crippen LogP contribution in [0.3, 0.4) is 0 Å². The lowest BCUT2D eigenvalue weighted by molar-refractivity contribution is -0.152. The summed E-state index contributed by atoms with van der Waals surface area (Å²) >= 11 is 12.1. The van der Waals surface area contributed by atoms with Crippen LogP contribution >= 0.6 is 23.2 Å². The molecule has 0 aliphatic heterocycles. The molecule has 0 saturated heterocycles. The Hall–Kier alpha value is -1.56. The summed E-state index contributed by atoms with van der Waals surface area (Å²) in [6.45, 7) is 4.94. The molecule has 0 atom stereocenters. The third-order valence-corrected chi connectivity index (χ3v) is 5.78. The Labute approximate surface area is 158 Å². The topological polar surface area (TPSA) is 55.7 Å². The van der Waals surface area contributed by atoms with Crippen molar-refractivity contribution in [3.8, 4) is 0 Å². The molecule has 134 valence electrons. The zero-order valence-corrected chi connectivity index (χ0v) is 16.5. The van der Waals surface area contributed by atoms with E-state index in [1.807, 2.05) is 0 Å². The van der Waals surface area contributed by atoms with Crippen molar-refractivity contribution in [1.82, 2.24) is 0 Å². The van der Waals surface area contributed by atoms with Gasteiger partial charge >= 0.3 is 5.97 Å². The van der Waals surface area contributed by atoms with Crippen molar-refractivity contribution in [2.24, 2.45) is 4.36 Å². The third-order valence-electron chi connectivity index (χ3n) is 3.03. The molecule has 4 nitrogen and oxygen atoms in total. The Morgan fingerprint density at radius 1 is 1.04 bits per heavy atom. The first kappa shape index (κ1) is 19.8. The largest absolute Gasteiger partial charge is 0.459 e. The van der Waals surface area contributed by atoms with Gasteiger partial charge in [0.05, 0.1) is 9.79 Å². The van der Waals surface area contributed by atoms with Crippen molar-refractivity contribution < 1.29 is 13.7 Å². The van der Waals surface area contributed by atoms with E-state index in [-0.39, 0.29) is 6.54 Å². The van der Waals surface area contributed by atoms with Gasteiger partial charge in [0, 0.05) is 10.0 Å². The molecule has 0 aliphatic rings. The van der Waals surface area contributed by atoms with Crippen LogP contribution in [0.1, 0.15) is 20.8 Å². The Balaban J connectivity index is 2.52. The van der Waals surface area contributed by atoms with Crippen molar-refractivity contribution in [3.05, 3.63) is 58.6 Å². The van der Waals surface area contributed by atoms with E-state index < -0.39 is 21.3 Å². The van der Waals surface area contributed by atoms with Crippen LogP contribution in [-0.4, -0.2) is 22.3 Å². The van der Waals surface area contributed by atoms with Crippen LogP contribution < -0.4 is 0 Å². The number of carbonyl (C=O) groups is 1. The molecule has 2 aromatic rings. The molecule has 0 unspecified atom stereocenters. The molecule has 0 amide bonds. The zero-order valence-electron chi connectivity index (χ0n) is 14.2. The van der Waals surface area contributed by atoms with Crippen molar-refractivity contribution in [2.75, 3.05) is 6.54 Å². The highest BCUT2D eigenvalue weighted by atomic mass is 35.5. The van der Waals surface area contributed by atoms with Gasteiger partial charge in [0.1, 0.15) is 21.9 Å². The standard InChI is InChI=1S/C18H19Cl2NO3S/c1-18(2,3)24-17(22)12-21-25(23,15-8-4-6-13(19)10-15)16-9-5-7-14(20)11-16/h4-11H,12H2,1-3H3. The van der Waals surface area contributed by atoms with Gasteiger partial charge in [-0.25, -0.2) is 8.57 Å². The SMILES string of the molecule is CC(C)(C)OC(=O)CN=S(=O)(c1cccc(Cl)c1)c1cccc(Cl)c1. The summed E-state index contributed by atoms with van der Waals surface area (Å²) in [5.74, 6) is -0.552. The summed E-state index contributed by atoms with van der Waals surface area (Å²) in [5.41, 5.74) is -0.639. The van der Waals surface area contributed by atoms with Crippen LogP contribution in [0.25, 0.3) is 0 Å². The van der Waals surface area contributed by atoms with Gasteiger partial charge in [0.25, 0.3) is 0 Å². The number of nitrogens with zero attached hydrogens (tertiary/aromatic N) is 1. The van der Waals surface area contributed by atoms with Crippen molar-refractivity contribution in [3.63, 3.8) is 0 Å². The number of ether oxygens (including phenoxy) is 1. The number of halogens is 2. The highest BCUT2D eigenvalue weighted by Crippen LogP contribution is 2.27. The van der Waals surface area contributed by atoms with E-state index in [1.165, 1.54) is 0 Å². The van der Waals surface area contributed by atoms with Crippen LogP contribution in [0.5, 0.6) is 0 Å². The Kier molecular flexibility index (Phi) is 6.14. The predicted molar refractivity (Wildman–Crippen MR) is 101 cm³/mol. The smallest absolute Gasteiger partial charge is 0.329 e.